The summed E-state index contributed by atoms with van der Waals surface area (Å²) < 4.78 is 4.65. The largest absolute Gasteiger partial charge is 0.449 e. The van der Waals surface area contributed by atoms with Gasteiger partial charge in [-0.05, 0) is 0 Å². The average molecular weight is 164 g/mol. The van der Waals surface area contributed by atoms with E-state index in [1.807, 2.05) is 0 Å². The normalized spacial score (nSPS) is 10.3. The number of nitrogens with one attached hydrogen (secondary N) is 1. The molecule has 0 spiro atoms. The lowest BCUT2D eigenvalue weighted by atomic mass is 10.2. The Kier molecular flexibility index (Phi) is 1.30. The van der Waals surface area contributed by atoms with Crippen molar-refractivity contribution in [3.63, 3.8) is 0 Å². The lowest BCUT2D eigenvalue weighted by Gasteiger charge is -2.00. The Bertz CT molecular complexity index is 451. The molecule has 2 aromatic rings. The van der Waals surface area contributed by atoms with E-state index in [1.54, 1.807) is 0 Å². The summed E-state index contributed by atoms with van der Waals surface area (Å²) in [6.45, 7) is 0. The number of oxazole rings is 1. The maximum absolute atomic E-state index is 10.7. The van der Waals surface area contributed by atoms with Gasteiger partial charge in [-0.25, -0.2) is 0 Å². The van der Waals surface area contributed by atoms with Crippen LogP contribution in [0.5, 0.6) is 0 Å². The van der Waals surface area contributed by atoms with E-state index in [9.17, 15) is 9.59 Å². The van der Waals surface area contributed by atoms with Gasteiger partial charge in [0.05, 0.1) is 5.69 Å². The van der Waals surface area contributed by atoms with Crippen molar-refractivity contribution in [3.8, 4) is 0 Å². The summed E-state index contributed by atoms with van der Waals surface area (Å²) in [5.74, 6) is 0.419. The molecule has 1 N–H and O–H groups in total. The first-order valence-corrected chi connectivity index (χ1v) is 3.23. The molecule has 1 aromatic carbocycles. The zero-order valence-electron chi connectivity index (χ0n) is 5.90. The first kappa shape index (κ1) is 6.78. The highest BCUT2D eigenvalue weighted by Gasteiger charge is 2.09. The maximum Gasteiger partial charge on any atom is 0.249 e. The van der Waals surface area contributed by atoms with E-state index in [2.05, 4.69) is 14.7 Å². The van der Waals surface area contributed by atoms with Gasteiger partial charge in [-0.2, -0.15) is 4.98 Å². The van der Waals surface area contributed by atoms with Gasteiger partial charge in [0.25, 0.3) is 0 Å². The molecule has 0 atom stereocenters. The van der Waals surface area contributed by atoms with Gasteiger partial charge in [0.2, 0.25) is 10.9 Å². The Morgan fingerprint density at radius 3 is 2.75 bits per heavy atom. The Hall–Kier alpha value is -1.91. The van der Waals surface area contributed by atoms with Gasteiger partial charge in [-0.15, -0.1) is 0 Å². The van der Waals surface area contributed by atoms with Crippen LogP contribution in [0.25, 0.3) is 0 Å². The highest BCUT2D eigenvalue weighted by atomic mass is 16.3. The molecule has 0 radical (unpaired) electrons. The van der Waals surface area contributed by atoms with Gasteiger partial charge in [-0.3, -0.25) is 9.59 Å². The third-order valence-electron chi connectivity index (χ3n) is 1.44. The molecule has 0 aliphatic rings. The Morgan fingerprint density at radius 2 is 2.25 bits per heavy atom. The molecule has 0 aliphatic heterocycles. The fourth-order valence-corrected chi connectivity index (χ4v) is 0.822. The van der Waals surface area contributed by atoms with E-state index in [0.29, 0.717) is 5.82 Å². The molecule has 2 rings (SSSR count). The van der Waals surface area contributed by atoms with Crippen molar-refractivity contribution < 1.29 is 4.42 Å². The molecule has 1 heterocycles. The first-order valence-electron chi connectivity index (χ1n) is 3.23. The quantitative estimate of drug-likeness (QED) is 0.633. The number of anilines is 2. The van der Waals surface area contributed by atoms with Crippen LogP contribution in [0.4, 0.5) is 11.5 Å². The zero-order chi connectivity index (χ0) is 8.55. The number of nitrogens with zero attached hydrogens (tertiary/aromatic N) is 1. The van der Waals surface area contributed by atoms with Crippen molar-refractivity contribution in [2.45, 2.75) is 0 Å². The fourth-order valence-electron chi connectivity index (χ4n) is 0.822. The molecule has 5 nitrogen and oxygen atoms in total. The molecule has 0 unspecified atom stereocenters. The summed E-state index contributed by atoms with van der Waals surface area (Å²) in [6.07, 6.45) is 2.57. The van der Waals surface area contributed by atoms with Crippen molar-refractivity contribution in [2.75, 3.05) is 5.32 Å². The van der Waals surface area contributed by atoms with Gasteiger partial charge in [0, 0.05) is 6.07 Å². The topological polar surface area (TPSA) is 72.2 Å². The number of hydrogen-bond donors (Lipinski definition) is 1. The van der Waals surface area contributed by atoms with E-state index >= 15 is 0 Å². The van der Waals surface area contributed by atoms with E-state index in [-0.39, 0.29) is 5.69 Å². The van der Waals surface area contributed by atoms with Crippen LogP contribution < -0.4 is 16.2 Å². The van der Waals surface area contributed by atoms with Gasteiger partial charge in [0.15, 0.2) is 12.2 Å². The van der Waals surface area contributed by atoms with Crippen molar-refractivity contribution >= 4 is 11.5 Å². The molecule has 60 valence electrons. The van der Waals surface area contributed by atoms with Crippen LogP contribution in [-0.2, 0) is 0 Å². The van der Waals surface area contributed by atoms with Gasteiger partial charge >= 0.3 is 0 Å². The summed E-state index contributed by atoms with van der Waals surface area (Å²) in [5, 5.41) is 2.62. The lowest BCUT2D eigenvalue weighted by molar-refractivity contribution is 0.558. The van der Waals surface area contributed by atoms with Crippen LogP contribution in [0, 0.1) is 0 Å². The van der Waals surface area contributed by atoms with Crippen LogP contribution >= 0.6 is 0 Å². The van der Waals surface area contributed by atoms with E-state index in [1.165, 1.54) is 18.7 Å². The second kappa shape index (κ2) is 2.30. The van der Waals surface area contributed by atoms with Gasteiger partial charge in [-0.1, -0.05) is 0 Å². The molecule has 0 bridgehead atoms. The summed E-state index contributed by atoms with van der Waals surface area (Å²) >= 11 is 0. The van der Waals surface area contributed by atoms with Crippen LogP contribution in [-0.4, -0.2) is 4.98 Å². The highest BCUT2D eigenvalue weighted by molar-refractivity contribution is 5.57. The van der Waals surface area contributed by atoms with Crippen molar-refractivity contribution in [1.29, 1.82) is 0 Å². The average Bonchev–Trinajstić information content (AvgIpc) is 2.56. The zero-order valence-corrected chi connectivity index (χ0v) is 5.90. The Morgan fingerprint density at radius 1 is 1.42 bits per heavy atom. The number of rotatable bonds is 2. The first-order chi connectivity index (χ1) is 5.77. The van der Waals surface area contributed by atoms with Crippen LogP contribution in [0.3, 0.4) is 0 Å². The summed E-state index contributed by atoms with van der Waals surface area (Å²) in [4.78, 5) is 24.9. The lowest BCUT2D eigenvalue weighted by Crippen LogP contribution is -2.31. The molecule has 1 aromatic heterocycles. The summed E-state index contributed by atoms with van der Waals surface area (Å²) in [7, 11) is 0. The highest BCUT2D eigenvalue weighted by Crippen LogP contribution is 2.08. The van der Waals surface area contributed by atoms with E-state index in [0.717, 1.165) is 0 Å². The van der Waals surface area contributed by atoms with Crippen LogP contribution in [0.2, 0.25) is 0 Å². The summed E-state index contributed by atoms with van der Waals surface area (Å²) in [6, 6.07) is 1.22. The predicted octanol–water partition coefficient (Wildman–Crippen LogP) is 0.0142. The van der Waals surface area contributed by atoms with Gasteiger partial charge < -0.3 is 9.73 Å². The Balaban J connectivity index is 2.23. The molecule has 0 saturated heterocycles. The van der Waals surface area contributed by atoms with Crippen LogP contribution in [0.1, 0.15) is 0 Å². The third kappa shape index (κ3) is 0.914. The number of aromatic nitrogens is 1. The SMILES string of the molecule is O=c1cc(Nc2cocn2)c1=O. The van der Waals surface area contributed by atoms with Crippen LogP contribution in [0.15, 0.2) is 32.7 Å². The molecule has 0 amide bonds. The number of hydrogen-bond acceptors (Lipinski definition) is 5. The van der Waals surface area contributed by atoms with Crippen molar-refractivity contribution in [3.05, 3.63) is 39.2 Å². The molecular formula is C7H4N2O3. The molecular weight excluding hydrogens is 160 g/mol. The molecule has 5 heteroatoms. The predicted molar refractivity (Wildman–Crippen MR) is 41.1 cm³/mol. The van der Waals surface area contributed by atoms with E-state index in [4.69, 9.17) is 0 Å². The summed E-state index contributed by atoms with van der Waals surface area (Å²) in [5.41, 5.74) is -0.743. The second-order valence-electron chi connectivity index (χ2n) is 2.25. The van der Waals surface area contributed by atoms with Gasteiger partial charge in [0.1, 0.15) is 6.26 Å². The third-order valence-corrected chi connectivity index (χ3v) is 1.44. The minimum Gasteiger partial charge on any atom is -0.449 e. The molecule has 0 aliphatic carbocycles. The molecule has 12 heavy (non-hydrogen) atoms. The standard InChI is InChI=1S/C7H4N2O3/c10-5-1-4(7(5)11)9-6-2-12-3-8-6/h1-3,9H. The minimum absolute atomic E-state index is 0.258. The van der Waals surface area contributed by atoms with Crippen molar-refractivity contribution in [1.82, 2.24) is 4.98 Å². The van der Waals surface area contributed by atoms with Crippen molar-refractivity contribution in [2.24, 2.45) is 0 Å². The Labute approximate surface area is 66.4 Å². The maximum atomic E-state index is 10.7. The second-order valence-corrected chi connectivity index (χ2v) is 2.25. The molecule has 0 fully saturated rings. The smallest absolute Gasteiger partial charge is 0.249 e. The minimum atomic E-state index is -0.516. The monoisotopic (exact) mass is 164 g/mol. The molecule has 0 saturated carbocycles. The fraction of sp³-hybridized carbons (Fsp3) is 0. The van der Waals surface area contributed by atoms with E-state index < -0.39 is 10.9 Å².